The van der Waals surface area contributed by atoms with E-state index in [9.17, 15) is 19.1 Å². The van der Waals surface area contributed by atoms with Gasteiger partial charge >= 0.3 is 24.8 Å². The second-order valence-electron chi connectivity index (χ2n) is 9.11. The molecule has 0 bridgehead atoms. The number of hydrogen-bond donors (Lipinski definition) is 2. The molecule has 0 aliphatic carbocycles. The first-order valence-corrected chi connectivity index (χ1v) is 13.9. The van der Waals surface area contributed by atoms with Gasteiger partial charge in [-0.2, -0.15) is 11.8 Å². The van der Waals surface area contributed by atoms with E-state index < -0.39 is 17.9 Å². The van der Waals surface area contributed by atoms with E-state index in [-0.39, 0.29) is 37.9 Å². The number of carboxylic acids is 1. The van der Waals surface area contributed by atoms with Gasteiger partial charge in [0.15, 0.2) is 0 Å². The molecule has 1 aromatic heterocycles. The van der Waals surface area contributed by atoms with Crippen LogP contribution in [0, 0.1) is 12.7 Å². The first kappa shape index (κ1) is 31.2. The van der Waals surface area contributed by atoms with E-state index in [2.05, 4.69) is 5.32 Å². The predicted octanol–water partition coefficient (Wildman–Crippen LogP) is 6.07. The number of carbonyl (C=O) groups is 2. The summed E-state index contributed by atoms with van der Waals surface area (Å²) in [5, 5.41) is 12.3. The summed E-state index contributed by atoms with van der Waals surface area (Å²) in [7, 11) is 0. The Kier molecular flexibility index (Phi) is 11.7. The van der Waals surface area contributed by atoms with Crippen LogP contribution in [0.2, 0.25) is 0 Å². The first-order chi connectivity index (χ1) is 18.9. The van der Waals surface area contributed by atoms with Crippen molar-refractivity contribution in [3.05, 3.63) is 107 Å². The van der Waals surface area contributed by atoms with Gasteiger partial charge in [0.25, 0.3) is 5.91 Å². The number of benzene rings is 3. The van der Waals surface area contributed by atoms with Crippen LogP contribution in [-0.4, -0.2) is 53.9 Å². The van der Waals surface area contributed by atoms with Crippen LogP contribution in [0.25, 0.3) is 22.5 Å². The maximum absolute atomic E-state index is 13.5. The zero-order chi connectivity index (χ0) is 27.8. The first-order valence-electron chi connectivity index (χ1n) is 12.5. The third kappa shape index (κ3) is 8.12. The van der Waals surface area contributed by atoms with Crippen molar-refractivity contribution in [3.8, 4) is 22.5 Å². The van der Waals surface area contributed by atoms with Crippen molar-refractivity contribution in [1.82, 2.24) is 5.32 Å². The normalized spacial score (nSPS) is 11.5. The van der Waals surface area contributed by atoms with Crippen LogP contribution in [0.1, 0.15) is 33.7 Å². The second kappa shape index (κ2) is 14.9. The predicted molar refractivity (Wildman–Crippen MR) is 158 cm³/mol. The third-order valence-corrected chi connectivity index (χ3v) is 6.91. The summed E-state index contributed by atoms with van der Waals surface area (Å²) in [6.45, 7) is 2.45. The molecular formula is C31H31FLiNO5S. The Labute approximate surface area is 249 Å². The van der Waals surface area contributed by atoms with Crippen molar-refractivity contribution in [1.29, 1.82) is 0 Å². The average Bonchev–Trinajstić information content (AvgIpc) is 3.40. The molecule has 0 aliphatic rings. The molecule has 3 aromatic carbocycles. The quantitative estimate of drug-likeness (QED) is 0.207. The third-order valence-electron chi connectivity index (χ3n) is 6.26. The van der Waals surface area contributed by atoms with Crippen molar-refractivity contribution in [2.24, 2.45) is 0 Å². The number of hydrogen-bond acceptors (Lipinski definition) is 5. The van der Waals surface area contributed by atoms with E-state index in [4.69, 9.17) is 9.15 Å². The molecule has 1 heterocycles. The number of aryl methyl sites for hydroxylation is 1. The Morgan fingerprint density at radius 2 is 1.80 bits per heavy atom. The minimum absolute atomic E-state index is 0. The average molecular weight is 556 g/mol. The number of thioether (sulfide) groups is 1. The standard InChI is InChI=1S/C31H30FNO5S.Li.H/c1-20-6-3-4-9-25(20)27-16-21(10-12-26(27)30(34)33-28(31(35)36)14-15-39-2)18-37-19-24-11-13-29(38-24)22-7-5-8-23(32)17-22;;/h3-13,16-17,28H,14-15,18-19H2,1-2H3,(H,33,34)(H,35,36);;/t28-;;/m0../s1. The number of amides is 1. The van der Waals surface area contributed by atoms with Crippen LogP contribution in [-0.2, 0) is 22.7 Å². The zero-order valence-electron chi connectivity index (χ0n) is 21.8. The Balaban J connectivity index is 0.00000441. The van der Waals surface area contributed by atoms with Crippen molar-refractivity contribution in [2.75, 3.05) is 12.0 Å². The molecule has 1 amide bonds. The SMILES string of the molecule is CSCC[C@H](NC(=O)c1ccc(COCc2ccc(-c3cccc(F)c3)o2)cc1-c1ccccc1C)C(=O)O.[LiH]. The molecule has 9 heteroatoms. The molecular weight excluding hydrogens is 524 g/mol. The molecule has 0 fully saturated rings. The molecule has 0 saturated carbocycles. The van der Waals surface area contributed by atoms with Crippen LogP contribution < -0.4 is 5.32 Å². The van der Waals surface area contributed by atoms with E-state index in [0.717, 1.165) is 16.7 Å². The van der Waals surface area contributed by atoms with Crippen molar-refractivity contribution in [2.45, 2.75) is 32.6 Å². The second-order valence-corrected chi connectivity index (χ2v) is 10.1. The number of carbonyl (C=O) groups excluding carboxylic acids is 1. The summed E-state index contributed by atoms with van der Waals surface area (Å²) < 4.78 is 25.2. The number of halogens is 1. The fourth-order valence-corrected chi connectivity index (χ4v) is 4.70. The Morgan fingerprint density at radius 3 is 2.52 bits per heavy atom. The number of nitrogens with one attached hydrogen (secondary N) is 1. The molecule has 204 valence electrons. The molecule has 6 nitrogen and oxygen atoms in total. The van der Waals surface area contributed by atoms with Gasteiger partial charge in [0.05, 0.1) is 6.61 Å². The van der Waals surface area contributed by atoms with Crippen molar-refractivity contribution >= 4 is 42.5 Å². The molecule has 0 spiro atoms. The zero-order valence-corrected chi connectivity index (χ0v) is 22.6. The van der Waals surface area contributed by atoms with Gasteiger partial charge in [-0.05, 0) is 84.0 Å². The van der Waals surface area contributed by atoms with Gasteiger partial charge in [-0.25, -0.2) is 9.18 Å². The van der Waals surface area contributed by atoms with Gasteiger partial charge in [-0.3, -0.25) is 4.79 Å². The van der Waals surface area contributed by atoms with E-state index in [1.807, 2.05) is 43.5 Å². The summed E-state index contributed by atoms with van der Waals surface area (Å²) in [5.41, 5.74) is 4.46. The van der Waals surface area contributed by atoms with Gasteiger partial charge < -0.3 is 19.6 Å². The van der Waals surface area contributed by atoms with E-state index in [0.29, 0.717) is 40.4 Å². The summed E-state index contributed by atoms with van der Waals surface area (Å²) >= 11 is 1.53. The minimum atomic E-state index is -1.06. The molecule has 0 unspecified atom stereocenters. The molecule has 1 atom stereocenters. The summed E-state index contributed by atoms with van der Waals surface area (Å²) in [4.78, 5) is 24.9. The van der Waals surface area contributed by atoms with Gasteiger partial charge in [0.2, 0.25) is 0 Å². The van der Waals surface area contributed by atoms with E-state index in [1.54, 1.807) is 36.4 Å². The summed E-state index contributed by atoms with van der Waals surface area (Å²) in [6, 6.07) is 21.9. The topological polar surface area (TPSA) is 88.8 Å². The summed E-state index contributed by atoms with van der Waals surface area (Å²) in [6.07, 6.45) is 2.23. The molecule has 0 aliphatic heterocycles. The van der Waals surface area contributed by atoms with Crippen LogP contribution in [0.5, 0.6) is 0 Å². The maximum atomic E-state index is 13.5. The van der Waals surface area contributed by atoms with Gasteiger partial charge in [0, 0.05) is 11.1 Å². The molecule has 2 N–H and O–H groups in total. The molecule has 4 rings (SSSR count). The van der Waals surface area contributed by atoms with Crippen molar-refractivity contribution < 1.29 is 28.2 Å². The van der Waals surface area contributed by atoms with Crippen LogP contribution >= 0.6 is 11.8 Å². The molecule has 4 aromatic rings. The number of ether oxygens (including phenoxy) is 1. The van der Waals surface area contributed by atoms with Crippen molar-refractivity contribution in [3.63, 3.8) is 0 Å². The monoisotopic (exact) mass is 555 g/mol. The van der Waals surface area contributed by atoms with Gasteiger partial charge in [-0.1, -0.05) is 42.5 Å². The van der Waals surface area contributed by atoms with Gasteiger partial charge in [0.1, 0.15) is 30.0 Å². The molecule has 0 saturated heterocycles. The number of aliphatic carboxylic acids is 1. The molecule has 0 radical (unpaired) electrons. The van der Waals surface area contributed by atoms with E-state index >= 15 is 0 Å². The van der Waals surface area contributed by atoms with Crippen LogP contribution in [0.15, 0.2) is 83.3 Å². The summed E-state index contributed by atoms with van der Waals surface area (Å²) in [5.74, 6) is -0.0380. The number of carboxylic acid groups (broad SMARTS) is 1. The Morgan fingerprint density at radius 1 is 1.00 bits per heavy atom. The fourth-order valence-electron chi connectivity index (χ4n) is 4.23. The Bertz CT molecular complexity index is 1460. The van der Waals surface area contributed by atoms with Gasteiger partial charge in [-0.15, -0.1) is 0 Å². The van der Waals surface area contributed by atoms with Crippen LogP contribution in [0.3, 0.4) is 0 Å². The number of rotatable bonds is 12. The van der Waals surface area contributed by atoms with Crippen LogP contribution in [0.4, 0.5) is 4.39 Å². The van der Waals surface area contributed by atoms with E-state index in [1.165, 1.54) is 23.9 Å². The fraction of sp³-hybridized carbons (Fsp3) is 0.226. The Hall–Kier alpha value is -3.28. The number of furan rings is 1. The molecule has 40 heavy (non-hydrogen) atoms.